The van der Waals surface area contributed by atoms with Gasteiger partial charge in [0, 0.05) is 6.04 Å². The molecule has 96 valence electrons. The van der Waals surface area contributed by atoms with E-state index in [2.05, 4.69) is 0 Å². The summed E-state index contributed by atoms with van der Waals surface area (Å²) < 4.78 is 46.6. The molecule has 1 aliphatic carbocycles. The minimum atomic E-state index is -3.79. The zero-order valence-electron chi connectivity index (χ0n) is 9.46. The molecule has 2 atom stereocenters. The van der Waals surface area contributed by atoms with E-state index < -0.39 is 32.1 Å². The van der Waals surface area contributed by atoms with Crippen LogP contribution in [0.25, 0.3) is 0 Å². The summed E-state index contributed by atoms with van der Waals surface area (Å²) in [5.41, 5.74) is 5.80. The van der Waals surface area contributed by atoms with Crippen molar-refractivity contribution in [1.29, 1.82) is 0 Å². The lowest BCUT2D eigenvalue weighted by molar-refractivity contribution is 0.292. The molecule has 0 amide bonds. The number of sulfonamides is 2. The van der Waals surface area contributed by atoms with Crippen molar-refractivity contribution in [3.05, 3.63) is 0 Å². The Morgan fingerprint density at radius 1 is 1.00 bits per heavy atom. The van der Waals surface area contributed by atoms with Crippen molar-refractivity contribution in [1.82, 2.24) is 3.71 Å². The molecule has 16 heavy (non-hydrogen) atoms. The largest absolute Gasteiger partial charge is 0.326 e. The Kier molecular flexibility index (Phi) is 3.99. The van der Waals surface area contributed by atoms with Crippen molar-refractivity contribution in [2.24, 2.45) is 5.73 Å². The first kappa shape index (κ1) is 13.9. The molecule has 8 heteroatoms. The fourth-order valence-corrected chi connectivity index (χ4v) is 5.61. The van der Waals surface area contributed by atoms with E-state index in [0.29, 0.717) is 16.6 Å². The second-order valence-electron chi connectivity index (χ2n) is 4.27. The highest BCUT2D eigenvalue weighted by molar-refractivity contribution is 8.03. The lowest BCUT2D eigenvalue weighted by Gasteiger charge is -2.34. The summed E-state index contributed by atoms with van der Waals surface area (Å²) in [5.74, 6) is 0. The van der Waals surface area contributed by atoms with Gasteiger partial charge in [-0.05, 0) is 12.8 Å². The molecule has 1 aliphatic rings. The van der Waals surface area contributed by atoms with Crippen LogP contribution in [0.1, 0.15) is 25.7 Å². The van der Waals surface area contributed by atoms with Crippen LogP contribution in [0.4, 0.5) is 0 Å². The molecule has 1 rings (SSSR count). The van der Waals surface area contributed by atoms with Gasteiger partial charge < -0.3 is 5.73 Å². The standard InChI is InChI=1S/C8H18N2O4S2/c1-15(11,12)10(16(2,13)14)8-6-4-3-5-7(8)9/h7-8H,3-6,9H2,1-2H3. The number of hydrogen-bond acceptors (Lipinski definition) is 5. The quantitative estimate of drug-likeness (QED) is 0.744. The van der Waals surface area contributed by atoms with Crippen molar-refractivity contribution < 1.29 is 16.8 Å². The van der Waals surface area contributed by atoms with Gasteiger partial charge in [-0.1, -0.05) is 16.6 Å². The third kappa shape index (κ3) is 3.16. The molecule has 6 nitrogen and oxygen atoms in total. The Hall–Kier alpha value is -0.180. The molecule has 0 saturated heterocycles. The first-order chi connectivity index (χ1) is 7.14. The van der Waals surface area contributed by atoms with Gasteiger partial charge >= 0.3 is 0 Å². The first-order valence-electron chi connectivity index (χ1n) is 5.09. The van der Waals surface area contributed by atoms with Gasteiger partial charge in [-0.3, -0.25) is 0 Å². The summed E-state index contributed by atoms with van der Waals surface area (Å²) in [5, 5.41) is 0. The number of rotatable bonds is 3. The average molecular weight is 270 g/mol. The summed E-state index contributed by atoms with van der Waals surface area (Å²) in [6.45, 7) is 0. The number of hydrogen-bond donors (Lipinski definition) is 1. The number of nitrogens with zero attached hydrogens (tertiary/aromatic N) is 1. The van der Waals surface area contributed by atoms with Gasteiger partial charge in [0.15, 0.2) is 0 Å². The zero-order chi connectivity index (χ0) is 12.6. The Labute approximate surface area is 96.9 Å². The van der Waals surface area contributed by atoms with E-state index >= 15 is 0 Å². The van der Waals surface area contributed by atoms with E-state index in [1.807, 2.05) is 0 Å². The van der Waals surface area contributed by atoms with Crippen molar-refractivity contribution >= 4 is 20.0 Å². The molecule has 0 aromatic heterocycles. The van der Waals surface area contributed by atoms with Crippen LogP contribution >= 0.6 is 0 Å². The minimum absolute atomic E-state index is 0.404. The maximum atomic E-state index is 11.5. The van der Waals surface area contributed by atoms with Crippen LogP contribution < -0.4 is 5.73 Å². The zero-order valence-corrected chi connectivity index (χ0v) is 11.1. The molecule has 0 radical (unpaired) electrons. The smallest absolute Gasteiger partial charge is 0.224 e. The summed E-state index contributed by atoms with van der Waals surface area (Å²) in [6, 6.07) is -1.03. The van der Waals surface area contributed by atoms with Gasteiger partial charge in [0.1, 0.15) is 0 Å². The van der Waals surface area contributed by atoms with Crippen LogP contribution in [0.2, 0.25) is 0 Å². The van der Waals surface area contributed by atoms with Crippen LogP contribution in [0.3, 0.4) is 0 Å². The lowest BCUT2D eigenvalue weighted by atomic mass is 9.92. The molecule has 1 fully saturated rings. The Bertz CT molecular complexity index is 411. The normalized spacial score (nSPS) is 28.2. The Balaban J connectivity index is 3.12. The van der Waals surface area contributed by atoms with E-state index in [-0.39, 0.29) is 0 Å². The van der Waals surface area contributed by atoms with Gasteiger partial charge in [0.25, 0.3) is 0 Å². The van der Waals surface area contributed by atoms with E-state index in [0.717, 1.165) is 25.4 Å². The second kappa shape index (κ2) is 4.59. The first-order valence-corrected chi connectivity index (χ1v) is 8.79. The van der Waals surface area contributed by atoms with Gasteiger partial charge in [0.05, 0.1) is 18.6 Å². The fourth-order valence-electron chi connectivity index (χ4n) is 2.14. The highest BCUT2D eigenvalue weighted by atomic mass is 32.3. The van der Waals surface area contributed by atoms with Crippen LogP contribution in [0, 0.1) is 0 Å². The van der Waals surface area contributed by atoms with E-state index in [9.17, 15) is 16.8 Å². The number of nitrogens with two attached hydrogens (primary N) is 1. The second-order valence-corrected chi connectivity index (χ2v) is 8.22. The SMILES string of the molecule is CS(=O)(=O)N(C1CCCCC1N)S(C)(=O)=O. The van der Waals surface area contributed by atoms with Crippen molar-refractivity contribution in [3.63, 3.8) is 0 Å². The van der Waals surface area contributed by atoms with Crippen LogP contribution in [-0.4, -0.2) is 45.1 Å². The lowest BCUT2D eigenvalue weighted by Crippen LogP contribution is -2.53. The highest BCUT2D eigenvalue weighted by Gasteiger charge is 2.39. The van der Waals surface area contributed by atoms with Gasteiger partial charge in [-0.2, -0.15) is 0 Å². The predicted molar refractivity (Wildman–Crippen MR) is 61.8 cm³/mol. The molecule has 0 spiro atoms. The minimum Gasteiger partial charge on any atom is -0.326 e. The summed E-state index contributed by atoms with van der Waals surface area (Å²) in [4.78, 5) is 0. The Morgan fingerprint density at radius 3 is 1.81 bits per heavy atom. The van der Waals surface area contributed by atoms with Gasteiger partial charge in [-0.25, -0.2) is 16.8 Å². The molecule has 0 aromatic rings. The summed E-state index contributed by atoms with van der Waals surface area (Å²) >= 11 is 0. The Morgan fingerprint density at radius 2 is 1.44 bits per heavy atom. The third-order valence-corrected chi connectivity index (χ3v) is 6.18. The molecular formula is C8H18N2O4S2. The molecule has 0 heterocycles. The van der Waals surface area contributed by atoms with Crippen LogP contribution in [0.5, 0.6) is 0 Å². The van der Waals surface area contributed by atoms with Gasteiger partial charge in [-0.15, -0.1) is 0 Å². The molecule has 1 saturated carbocycles. The van der Waals surface area contributed by atoms with Crippen molar-refractivity contribution in [2.75, 3.05) is 12.5 Å². The van der Waals surface area contributed by atoms with Gasteiger partial charge in [0.2, 0.25) is 20.0 Å². The van der Waals surface area contributed by atoms with Crippen molar-refractivity contribution in [3.8, 4) is 0 Å². The monoisotopic (exact) mass is 270 g/mol. The maximum Gasteiger partial charge on any atom is 0.224 e. The topological polar surface area (TPSA) is 97.5 Å². The van der Waals surface area contributed by atoms with Crippen LogP contribution in [-0.2, 0) is 20.0 Å². The highest BCUT2D eigenvalue weighted by Crippen LogP contribution is 2.25. The average Bonchev–Trinajstić information content (AvgIpc) is 2.03. The molecule has 0 aliphatic heterocycles. The van der Waals surface area contributed by atoms with Crippen molar-refractivity contribution in [2.45, 2.75) is 37.8 Å². The predicted octanol–water partition coefficient (Wildman–Crippen LogP) is -0.522. The summed E-state index contributed by atoms with van der Waals surface area (Å²) in [7, 11) is -7.58. The fraction of sp³-hybridized carbons (Fsp3) is 1.00. The molecule has 0 bridgehead atoms. The maximum absolute atomic E-state index is 11.5. The van der Waals surface area contributed by atoms with E-state index in [1.54, 1.807) is 0 Å². The molecule has 2 N–H and O–H groups in total. The molecule has 0 aromatic carbocycles. The molecular weight excluding hydrogens is 252 g/mol. The van der Waals surface area contributed by atoms with Crippen LogP contribution in [0.15, 0.2) is 0 Å². The third-order valence-electron chi connectivity index (χ3n) is 2.71. The van der Waals surface area contributed by atoms with E-state index in [1.165, 1.54) is 0 Å². The molecule has 2 unspecified atom stereocenters. The van der Waals surface area contributed by atoms with E-state index in [4.69, 9.17) is 5.73 Å². The summed E-state index contributed by atoms with van der Waals surface area (Å²) in [6.07, 6.45) is 4.68.